The number of hydrogen-bond donors (Lipinski definition) is 1. The van der Waals surface area contributed by atoms with Crippen LogP contribution in [0, 0.1) is 0 Å². The number of carbonyl (C=O) groups excluding carboxylic acids is 2. The number of hydrogen-bond acceptors (Lipinski definition) is 6. The van der Waals surface area contributed by atoms with Crippen LogP contribution in [-0.4, -0.2) is 45.8 Å². The van der Waals surface area contributed by atoms with Crippen LogP contribution in [0.25, 0.3) is 0 Å². The first-order valence-corrected chi connectivity index (χ1v) is 8.90. The van der Waals surface area contributed by atoms with Gasteiger partial charge in [-0.05, 0) is 18.4 Å². The maximum atomic E-state index is 12.6. The Hall–Kier alpha value is -2.32. The second-order valence-corrected chi connectivity index (χ2v) is 6.60. The van der Waals surface area contributed by atoms with E-state index in [1.807, 2.05) is 30.3 Å². The highest BCUT2D eigenvalue weighted by Crippen LogP contribution is 2.21. The van der Waals surface area contributed by atoms with E-state index in [1.165, 1.54) is 0 Å². The number of carbonyl (C=O) groups is 2. The van der Waals surface area contributed by atoms with Crippen LogP contribution in [0.3, 0.4) is 0 Å². The molecule has 0 aliphatic carbocycles. The third-order valence-corrected chi connectivity index (χ3v) is 4.71. The Morgan fingerprint density at radius 2 is 2.16 bits per heavy atom. The number of likely N-dealkylation sites (tertiary alicyclic amines) is 1. The molecule has 0 spiro atoms. The van der Waals surface area contributed by atoms with E-state index in [0.29, 0.717) is 36.9 Å². The molecule has 1 aliphatic rings. The molecule has 132 valence electrons. The molecule has 1 aromatic carbocycles. The molecule has 2 amide bonds. The molecule has 0 bridgehead atoms. The fourth-order valence-corrected chi connectivity index (χ4v) is 3.47. The summed E-state index contributed by atoms with van der Waals surface area (Å²) in [6, 6.07) is 9.11. The van der Waals surface area contributed by atoms with Gasteiger partial charge in [-0.1, -0.05) is 30.3 Å². The fraction of sp³-hybridized carbons (Fsp3) is 0.412. The molecule has 7 nitrogen and oxygen atoms in total. The molecule has 8 heteroatoms. The zero-order valence-electron chi connectivity index (χ0n) is 14.0. The Bertz CT molecular complexity index is 735. The van der Waals surface area contributed by atoms with Crippen LogP contribution >= 0.6 is 11.5 Å². The molecule has 1 fully saturated rings. The topological polar surface area (TPSA) is 84.4 Å². The molecule has 0 radical (unpaired) electrons. The zero-order chi connectivity index (χ0) is 17.6. The smallest absolute Gasteiger partial charge is 0.248 e. The summed E-state index contributed by atoms with van der Waals surface area (Å²) >= 11 is 1.11. The van der Waals surface area contributed by atoms with E-state index in [4.69, 9.17) is 4.74 Å². The highest BCUT2D eigenvalue weighted by molar-refractivity contribution is 7.09. The van der Waals surface area contributed by atoms with Crippen molar-refractivity contribution in [1.29, 1.82) is 0 Å². The number of methoxy groups -OCH3 is 1. The van der Waals surface area contributed by atoms with Gasteiger partial charge in [0.15, 0.2) is 5.82 Å². The minimum Gasteiger partial charge on any atom is -0.377 e. The van der Waals surface area contributed by atoms with E-state index in [2.05, 4.69) is 14.7 Å². The number of benzene rings is 1. The molecular weight excluding hydrogens is 340 g/mol. The van der Waals surface area contributed by atoms with Crippen LogP contribution < -0.4 is 5.32 Å². The van der Waals surface area contributed by atoms with Crippen molar-refractivity contribution in [3.05, 3.63) is 41.7 Å². The lowest BCUT2D eigenvalue weighted by Gasteiger charge is -2.23. The van der Waals surface area contributed by atoms with Crippen LogP contribution in [0.15, 0.2) is 30.3 Å². The van der Waals surface area contributed by atoms with E-state index in [1.54, 1.807) is 12.0 Å². The zero-order valence-corrected chi connectivity index (χ0v) is 14.8. The van der Waals surface area contributed by atoms with Crippen molar-refractivity contribution in [3.8, 4) is 0 Å². The predicted octanol–water partition coefficient (Wildman–Crippen LogP) is 1.86. The SMILES string of the molecule is COCc1nsc(NC(=O)C2CCCN2C(=O)Cc2ccccc2)n1. The van der Waals surface area contributed by atoms with Crippen molar-refractivity contribution < 1.29 is 14.3 Å². The first kappa shape index (κ1) is 17.5. The summed E-state index contributed by atoms with van der Waals surface area (Å²) in [6.45, 7) is 0.909. The third kappa shape index (κ3) is 4.40. The number of nitrogens with one attached hydrogen (secondary N) is 1. The van der Waals surface area contributed by atoms with E-state index in [0.717, 1.165) is 23.5 Å². The summed E-state index contributed by atoms with van der Waals surface area (Å²) in [5.74, 6) is 0.298. The monoisotopic (exact) mass is 360 g/mol. The lowest BCUT2D eigenvalue weighted by Crippen LogP contribution is -2.43. The molecule has 25 heavy (non-hydrogen) atoms. The summed E-state index contributed by atoms with van der Waals surface area (Å²) < 4.78 is 9.07. The first-order valence-electron chi connectivity index (χ1n) is 8.13. The van der Waals surface area contributed by atoms with Gasteiger partial charge >= 0.3 is 0 Å². The number of amides is 2. The molecule has 1 aromatic heterocycles. The molecule has 2 aromatic rings. The number of ether oxygens (including phenoxy) is 1. The molecule has 1 unspecified atom stereocenters. The lowest BCUT2D eigenvalue weighted by molar-refractivity contribution is -0.136. The Morgan fingerprint density at radius 3 is 2.92 bits per heavy atom. The summed E-state index contributed by atoms with van der Waals surface area (Å²) in [5.41, 5.74) is 0.951. The summed E-state index contributed by atoms with van der Waals surface area (Å²) in [6.07, 6.45) is 1.79. The second kappa shape index (κ2) is 8.17. The van der Waals surface area contributed by atoms with Crippen molar-refractivity contribution in [2.45, 2.75) is 31.9 Å². The van der Waals surface area contributed by atoms with Gasteiger partial charge in [-0.15, -0.1) is 0 Å². The van der Waals surface area contributed by atoms with E-state index >= 15 is 0 Å². The quantitative estimate of drug-likeness (QED) is 0.850. The van der Waals surface area contributed by atoms with Crippen LogP contribution in [0.4, 0.5) is 5.13 Å². The average Bonchev–Trinajstić information content (AvgIpc) is 3.25. The van der Waals surface area contributed by atoms with Crippen molar-refractivity contribution in [2.24, 2.45) is 0 Å². The highest BCUT2D eigenvalue weighted by atomic mass is 32.1. The van der Waals surface area contributed by atoms with Gasteiger partial charge in [0.05, 0.1) is 6.42 Å². The first-order chi connectivity index (χ1) is 12.2. The average molecular weight is 360 g/mol. The molecule has 1 saturated heterocycles. The van der Waals surface area contributed by atoms with Crippen molar-refractivity contribution in [2.75, 3.05) is 19.0 Å². The highest BCUT2D eigenvalue weighted by Gasteiger charge is 2.34. The van der Waals surface area contributed by atoms with E-state index < -0.39 is 6.04 Å². The standard InChI is InChI=1S/C17H20N4O3S/c1-24-11-14-18-17(25-20-14)19-16(23)13-8-5-9-21(13)15(22)10-12-6-3-2-4-7-12/h2-4,6-7,13H,5,8-11H2,1H3,(H,18,19,20,23). The predicted molar refractivity (Wildman–Crippen MR) is 94.1 cm³/mol. The van der Waals surface area contributed by atoms with Gasteiger partial charge in [0, 0.05) is 25.2 Å². The maximum absolute atomic E-state index is 12.6. The molecule has 0 saturated carbocycles. The Morgan fingerprint density at radius 1 is 1.36 bits per heavy atom. The van der Waals surface area contributed by atoms with Crippen molar-refractivity contribution >= 4 is 28.5 Å². The largest absolute Gasteiger partial charge is 0.377 e. The number of aromatic nitrogens is 2. The van der Waals surface area contributed by atoms with Crippen LogP contribution in [0.2, 0.25) is 0 Å². The lowest BCUT2D eigenvalue weighted by atomic mass is 10.1. The van der Waals surface area contributed by atoms with Gasteiger partial charge in [0.2, 0.25) is 16.9 Å². The van der Waals surface area contributed by atoms with Crippen LogP contribution in [0.1, 0.15) is 24.2 Å². The van der Waals surface area contributed by atoms with E-state index in [9.17, 15) is 9.59 Å². The molecule has 1 atom stereocenters. The molecule has 1 aliphatic heterocycles. The number of nitrogens with zero attached hydrogens (tertiary/aromatic N) is 3. The second-order valence-electron chi connectivity index (χ2n) is 5.85. The molecule has 1 N–H and O–H groups in total. The summed E-state index contributed by atoms with van der Waals surface area (Å²) in [5, 5.41) is 3.20. The van der Waals surface area contributed by atoms with Crippen LogP contribution in [0.5, 0.6) is 0 Å². The van der Waals surface area contributed by atoms with E-state index in [-0.39, 0.29) is 11.8 Å². The Kier molecular flexibility index (Phi) is 5.72. The Labute approximate surface area is 150 Å². The van der Waals surface area contributed by atoms with Crippen LogP contribution in [-0.2, 0) is 27.4 Å². The van der Waals surface area contributed by atoms with Crippen molar-refractivity contribution in [3.63, 3.8) is 0 Å². The maximum Gasteiger partial charge on any atom is 0.248 e. The summed E-state index contributed by atoms with van der Waals surface area (Å²) in [4.78, 5) is 31.0. The molecule has 2 heterocycles. The summed E-state index contributed by atoms with van der Waals surface area (Å²) in [7, 11) is 1.56. The minimum absolute atomic E-state index is 0.0267. The van der Waals surface area contributed by atoms with Gasteiger partial charge in [0.1, 0.15) is 12.6 Å². The van der Waals surface area contributed by atoms with Gasteiger partial charge in [-0.25, -0.2) is 4.98 Å². The van der Waals surface area contributed by atoms with Gasteiger partial charge in [-0.2, -0.15) is 4.37 Å². The molecule has 3 rings (SSSR count). The fourth-order valence-electron chi connectivity index (χ4n) is 2.89. The third-order valence-electron chi connectivity index (χ3n) is 4.05. The van der Waals surface area contributed by atoms with Crippen molar-refractivity contribution in [1.82, 2.24) is 14.3 Å². The Balaban J connectivity index is 1.61. The van der Waals surface area contributed by atoms with Gasteiger partial charge in [0.25, 0.3) is 0 Å². The molecular formula is C17H20N4O3S. The van der Waals surface area contributed by atoms with Gasteiger partial charge in [-0.3, -0.25) is 14.9 Å². The van der Waals surface area contributed by atoms with Gasteiger partial charge < -0.3 is 9.64 Å². The number of anilines is 1. The normalized spacial score (nSPS) is 16.8. The minimum atomic E-state index is -0.453. The number of rotatable bonds is 6.